The predicted molar refractivity (Wildman–Crippen MR) is 107 cm³/mol. The molecule has 1 aliphatic rings. The summed E-state index contributed by atoms with van der Waals surface area (Å²) in [6, 6.07) is 15.9. The van der Waals surface area contributed by atoms with Crippen LogP contribution in [0, 0.1) is 5.92 Å². The Kier molecular flexibility index (Phi) is 6.36. The van der Waals surface area contributed by atoms with Crippen LogP contribution in [0.5, 0.6) is 5.75 Å². The van der Waals surface area contributed by atoms with Gasteiger partial charge in [0.1, 0.15) is 5.75 Å². The summed E-state index contributed by atoms with van der Waals surface area (Å²) in [5.41, 5.74) is 0.998. The minimum Gasteiger partial charge on any atom is -0.497 e. The molecular weight excluding hydrogens is 376 g/mol. The van der Waals surface area contributed by atoms with Gasteiger partial charge >= 0.3 is 0 Å². The number of methoxy groups -OCH3 is 1. The van der Waals surface area contributed by atoms with Crippen LogP contribution in [0.4, 0.5) is 0 Å². The Morgan fingerprint density at radius 3 is 2.25 bits per heavy atom. The zero-order valence-corrected chi connectivity index (χ0v) is 17.0. The minimum absolute atomic E-state index is 0.0277. The van der Waals surface area contributed by atoms with Gasteiger partial charge in [-0.2, -0.15) is 4.31 Å². The van der Waals surface area contributed by atoms with E-state index in [1.807, 2.05) is 31.2 Å². The third-order valence-corrected chi connectivity index (χ3v) is 7.09. The van der Waals surface area contributed by atoms with Crippen molar-refractivity contribution in [2.45, 2.75) is 30.7 Å². The van der Waals surface area contributed by atoms with Gasteiger partial charge in [0, 0.05) is 19.0 Å². The van der Waals surface area contributed by atoms with Crippen LogP contribution < -0.4 is 10.1 Å². The number of hydrogen-bond donors (Lipinski definition) is 1. The van der Waals surface area contributed by atoms with Crippen molar-refractivity contribution < 1.29 is 17.9 Å². The van der Waals surface area contributed by atoms with Crippen molar-refractivity contribution >= 4 is 15.9 Å². The van der Waals surface area contributed by atoms with Gasteiger partial charge in [0.05, 0.1) is 18.0 Å². The van der Waals surface area contributed by atoms with Crippen LogP contribution in [0.25, 0.3) is 0 Å². The summed E-state index contributed by atoms with van der Waals surface area (Å²) < 4.78 is 32.0. The highest BCUT2D eigenvalue weighted by molar-refractivity contribution is 7.89. The van der Waals surface area contributed by atoms with Crippen molar-refractivity contribution in [3.63, 3.8) is 0 Å². The first-order valence-electron chi connectivity index (χ1n) is 9.41. The van der Waals surface area contributed by atoms with Crippen LogP contribution in [0.3, 0.4) is 0 Å². The Hall–Kier alpha value is -2.38. The number of amides is 1. The van der Waals surface area contributed by atoms with Crippen LogP contribution in [0.15, 0.2) is 59.5 Å². The van der Waals surface area contributed by atoms with Crippen molar-refractivity contribution in [2.75, 3.05) is 20.2 Å². The van der Waals surface area contributed by atoms with Crippen molar-refractivity contribution in [3.8, 4) is 5.75 Å². The van der Waals surface area contributed by atoms with E-state index in [1.54, 1.807) is 37.4 Å². The lowest BCUT2D eigenvalue weighted by Crippen LogP contribution is -2.43. The number of benzene rings is 2. The number of sulfonamides is 1. The fraction of sp³-hybridized carbons (Fsp3) is 0.381. The molecule has 150 valence electrons. The molecule has 3 rings (SSSR count). The minimum atomic E-state index is -3.49. The SMILES string of the molecule is COc1ccc([C@H](C)NC(=O)C2CCN(S(=O)(=O)c3ccccc3)CC2)cc1. The second-order valence-corrected chi connectivity index (χ2v) is 8.93. The first-order valence-corrected chi connectivity index (χ1v) is 10.9. The first-order chi connectivity index (χ1) is 13.4. The molecule has 7 heteroatoms. The zero-order valence-electron chi connectivity index (χ0n) is 16.2. The highest BCUT2D eigenvalue weighted by Gasteiger charge is 2.32. The molecule has 2 aromatic rings. The van der Waals surface area contributed by atoms with Crippen LogP contribution >= 0.6 is 0 Å². The highest BCUT2D eigenvalue weighted by atomic mass is 32.2. The monoisotopic (exact) mass is 402 g/mol. The lowest BCUT2D eigenvalue weighted by molar-refractivity contribution is -0.126. The Morgan fingerprint density at radius 2 is 1.68 bits per heavy atom. The van der Waals surface area contributed by atoms with E-state index in [0.29, 0.717) is 30.8 Å². The average molecular weight is 403 g/mol. The number of carbonyl (C=O) groups excluding carboxylic acids is 1. The molecule has 28 heavy (non-hydrogen) atoms. The Morgan fingerprint density at radius 1 is 1.07 bits per heavy atom. The largest absolute Gasteiger partial charge is 0.497 e. The molecule has 0 radical (unpaired) electrons. The molecular formula is C21H26N2O4S. The molecule has 0 bridgehead atoms. The lowest BCUT2D eigenvalue weighted by Gasteiger charge is -2.31. The van der Waals surface area contributed by atoms with E-state index < -0.39 is 10.0 Å². The molecule has 0 saturated carbocycles. The van der Waals surface area contributed by atoms with Gasteiger partial charge in [-0.1, -0.05) is 30.3 Å². The lowest BCUT2D eigenvalue weighted by atomic mass is 9.96. The number of nitrogens with zero attached hydrogens (tertiary/aromatic N) is 1. The normalized spacial score (nSPS) is 17.1. The maximum absolute atomic E-state index is 12.7. The van der Waals surface area contributed by atoms with E-state index in [-0.39, 0.29) is 17.9 Å². The number of rotatable bonds is 6. The van der Waals surface area contributed by atoms with Crippen LogP contribution in [-0.2, 0) is 14.8 Å². The average Bonchev–Trinajstić information content (AvgIpc) is 2.74. The van der Waals surface area contributed by atoms with Gasteiger partial charge in [0.25, 0.3) is 0 Å². The smallest absolute Gasteiger partial charge is 0.243 e. The zero-order chi connectivity index (χ0) is 20.1. The van der Waals surface area contributed by atoms with Gasteiger partial charge in [-0.15, -0.1) is 0 Å². The quantitative estimate of drug-likeness (QED) is 0.806. The molecule has 1 aliphatic heterocycles. The summed E-state index contributed by atoms with van der Waals surface area (Å²) in [6.07, 6.45) is 1.04. The van der Waals surface area contributed by atoms with Gasteiger partial charge < -0.3 is 10.1 Å². The molecule has 1 fully saturated rings. The summed E-state index contributed by atoms with van der Waals surface area (Å²) in [5, 5.41) is 3.04. The molecule has 0 spiro atoms. The molecule has 6 nitrogen and oxygen atoms in total. The maximum atomic E-state index is 12.7. The number of piperidine rings is 1. The van der Waals surface area contributed by atoms with Gasteiger partial charge in [-0.05, 0) is 49.6 Å². The molecule has 1 atom stereocenters. The van der Waals surface area contributed by atoms with E-state index in [2.05, 4.69) is 5.32 Å². The molecule has 0 aliphatic carbocycles. The van der Waals surface area contributed by atoms with Crippen LogP contribution in [0.1, 0.15) is 31.4 Å². The Bertz CT molecular complexity index is 890. The van der Waals surface area contributed by atoms with E-state index in [9.17, 15) is 13.2 Å². The van der Waals surface area contributed by atoms with Crippen molar-refractivity contribution in [1.29, 1.82) is 0 Å². The standard InChI is InChI=1S/C21H26N2O4S/c1-16(17-8-10-19(27-2)11-9-17)22-21(24)18-12-14-23(15-13-18)28(25,26)20-6-4-3-5-7-20/h3-11,16,18H,12-15H2,1-2H3,(H,22,24)/t16-/m0/s1. The topological polar surface area (TPSA) is 75.7 Å². The summed E-state index contributed by atoms with van der Waals surface area (Å²) in [6.45, 7) is 2.65. The van der Waals surface area contributed by atoms with Gasteiger partial charge in [0.15, 0.2) is 0 Å². The van der Waals surface area contributed by atoms with E-state index >= 15 is 0 Å². The summed E-state index contributed by atoms with van der Waals surface area (Å²) in [5.74, 6) is 0.567. The molecule has 0 aromatic heterocycles. The molecule has 1 heterocycles. The number of carbonyl (C=O) groups is 1. The molecule has 2 aromatic carbocycles. The molecule has 0 unspecified atom stereocenters. The number of ether oxygens (including phenoxy) is 1. The molecule has 1 amide bonds. The van der Waals surface area contributed by atoms with Gasteiger partial charge in [-0.25, -0.2) is 8.42 Å². The van der Waals surface area contributed by atoms with E-state index in [4.69, 9.17) is 4.74 Å². The van der Waals surface area contributed by atoms with E-state index in [1.165, 1.54) is 4.31 Å². The first kappa shape index (κ1) is 20.4. The second-order valence-electron chi connectivity index (χ2n) is 6.99. The summed E-state index contributed by atoms with van der Waals surface area (Å²) in [7, 11) is -1.88. The van der Waals surface area contributed by atoms with E-state index in [0.717, 1.165) is 11.3 Å². The van der Waals surface area contributed by atoms with Crippen LogP contribution in [0.2, 0.25) is 0 Å². The fourth-order valence-electron chi connectivity index (χ4n) is 3.41. The van der Waals surface area contributed by atoms with Crippen molar-refractivity contribution in [2.24, 2.45) is 5.92 Å². The van der Waals surface area contributed by atoms with Crippen molar-refractivity contribution in [3.05, 3.63) is 60.2 Å². The Labute approximate surface area is 166 Å². The Balaban J connectivity index is 1.56. The van der Waals surface area contributed by atoms with Crippen molar-refractivity contribution in [1.82, 2.24) is 9.62 Å². The molecule has 1 N–H and O–H groups in total. The summed E-state index contributed by atoms with van der Waals surface area (Å²) >= 11 is 0. The summed E-state index contributed by atoms with van der Waals surface area (Å²) in [4.78, 5) is 12.9. The number of nitrogens with one attached hydrogen (secondary N) is 1. The maximum Gasteiger partial charge on any atom is 0.243 e. The molecule has 1 saturated heterocycles. The highest BCUT2D eigenvalue weighted by Crippen LogP contribution is 2.25. The third kappa shape index (κ3) is 4.54. The predicted octanol–water partition coefficient (Wildman–Crippen LogP) is 2.97. The van der Waals surface area contributed by atoms with Crippen LogP contribution in [-0.4, -0.2) is 38.8 Å². The second kappa shape index (κ2) is 8.75. The third-order valence-electron chi connectivity index (χ3n) is 5.18. The van der Waals surface area contributed by atoms with Gasteiger partial charge in [-0.3, -0.25) is 4.79 Å². The fourth-order valence-corrected chi connectivity index (χ4v) is 4.90. The van der Waals surface area contributed by atoms with Gasteiger partial charge in [0.2, 0.25) is 15.9 Å². The number of hydrogen-bond acceptors (Lipinski definition) is 4.